The number of phenols is 1. The summed E-state index contributed by atoms with van der Waals surface area (Å²) in [4.78, 5) is 11.7. The van der Waals surface area contributed by atoms with Crippen LogP contribution in [0.15, 0.2) is 58.8 Å². The summed E-state index contributed by atoms with van der Waals surface area (Å²) in [6.45, 7) is 0. The van der Waals surface area contributed by atoms with Gasteiger partial charge in [0, 0.05) is 5.56 Å². The lowest BCUT2D eigenvalue weighted by Gasteiger charge is -2.16. The summed E-state index contributed by atoms with van der Waals surface area (Å²) >= 11 is 0. The molecule has 0 fully saturated rings. The van der Waals surface area contributed by atoms with E-state index in [2.05, 4.69) is 15.5 Å². The summed E-state index contributed by atoms with van der Waals surface area (Å²) in [5.41, 5.74) is -3.07. The molecule has 9 heteroatoms. The topological polar surface area (TPSA) is 83.3 Å². The zero-order chi connectivity index (χ0) is 17.4. The number of halogens is 3. The number of carbonyl (C=O) groups is 1. The van der Waals surface area contributed by atoms with E-state index in [9.17, 15) is 23.1 Å². The molecule has 2 aromatic carbocycles. The first-order chi connectivity index (χ1) is 11.3. The maximum absolute atomic E-state index is 12.9. The number of aromatic hydroxyl groups is 1. The number of nitrogens with one attached hydrogen (secondary N) is 1. The molecule has 0 atom stereocenters. The van der Waals surface area contributed by atoms with E-state index in [0.717, 1.165) is 18.2 Å². The minimum Gasteiger partial charge on any atom is -0.506 e. The highest BCUT2D eigenvalue weighted by atomic mass is 19.4. The van der Waals surface area contributed by atoms with Gasteiger partial charge in [-0.3, -0.25) is 5.32 Å². The maximum atomic E-state index is 12.9. The molecule has 1 heterocycles. The average molecular weight is 337 g/mol. The van der Waals surface area contributed by atoms with Crippen molar-refractivity contribution in [1.82, 2.24) is 0 Å². The fraction of sp³-hybridized carbons (Fsp3) is 0.133. The molecule has 0 unspecified atom stereocenters. The van der Waals surface area contributed by atoms with Gasteiger partial charge in [-0.05, 0) is 24.3 Å². The molecule has 0 saturated heterocycles. The van der Waals surface area contributed by atoms with E-state index >= 15 is 0 Å². The number of para-hydroxylation sites is 1. The van der Waals surface area contributed by atoms with Crippen molar-refractivity contribution in [2.24, 2.45) is 10.2 Å². The fourth-order valence-electron chi connectivity index (χ4n) is 2.03. The van der Waals surface area contributed by atoms with Crippen molar-refractivity contribution in [3.63, 3.8) is 0 Å². The zero-order valence-electron chi connectivity index (χ0n) is 11.9. The third-order valence-corrected chi connectivity index (χ3v) is 3.29. The quantitative estimate of drug-likeness (QED) is 0.824. The number of hydrogen-bond acceptors (Lipinski definition) is 5. The molecule has 0 spiro atoms. The maximum Gasteiger partial charge on any atom is 0.442 e. The molecule has 24 heavy (non-hydrogen) atoms. The van der Waals surface area contributed by atoms with Crippen molar-refractivity contribution in [3.05, 3.63) is 54.1 Å². The van der Waals surface area contributed by atoms with Gasteiger partial charge >= 0.3 is 17.9 Å². The van der Waals surface area contributed by atoms with Gasteiger partial charge in [0.05, 0.1) is 5.69 Å². The Morgan fingerprint density at radius 1 is 1.12 bits per heavy atom. The SMILES string of the molecule is O=C(Nc1ccc(C2(C(F)(F)F)N=N2)cc1O)Oc1ccccc1. The van der Waals surface area contributed by atoms with Crippen molar-refractivity contribution in [2.45, 2.75) is 11.8 Å². The molecule has 6 nitrogen and oxygen atoms in total. The Kier molecular flexibility index (Phi) is 3.63. The highest BCUT2D eigenvalue weighted by Crippen LogP contribution is 2.53. The summed E-state index contributed by atoms with van der Waals surface area (Å²) < 4.78 is 43.7. The van der Waals surface area contributed by atoms with Gasteiger partial charge in [0.2, 0.25) is 0 Å². The predicted molar refractivity (Wildman–Crippen MR) is 76.8 cm³/mol. The van der Waals surface area contributed by atoms with E-state index in [0.29, 0.717) is 0 Å². The first-order valence-electron chi connectivity index (χ1n) is 6.70. The molecule has 2 N–H and O–H groups in total. The van der Waals surface area contributed by atoms with Gasteiger partial charge in [0.15, 0.2) is 0 Å². The second-order valence-corrected chi connectivity index (χ2v) is 4.93. The van der Waals surface area contributed by atoms with Crippen molar-refractivity contribution in [2.75, 3.05) is 5.32 Å². The minimum absolute atomic E-state index is 0.0994. The molecule has 3 rings (SSSR count). The third-order valence-electron chi connectivity index (χ3n) is 3.29. The summed E-state index contributed by atoms with van der Waals surface area (Å²) in [7, 11) is 0. The standard InChI is InChI=1S/C15H10F3N3O3/c16-15(17,18)14(20-21-14)9-6-7-11(12(22)8-9)19-13(23)24-10-4-2-1-3-5-10/h1-8,22H,(H,19,23). The van der Waals surface area contributed by atoms with Crippen LogP contribution in [-0.2, 0) is 5.66 Å². The molecule has 1 aliphatic rings. The lowest BCUT2D eigenvalue weighted by atomic mass is 10.0. The van der Waals surface area contributed by atoms with E-state index in [1.807, 2.05) is 0 Å². The molecule has 2 aromatic rings. The molecule has 0 aromatic heterocycles. The van der Waals surface area contributed by atoms with Crippen molar-refractivity contribution in [3.8, 4) is 11.5 Å². The number of benzene rings is 2. The summed E-state index contributed by atoms with van der Waals surface area (Å²) in [5.74, 6) is -0.281. The minimum atomic E-state index is -4.69. The second-order valence-electron chi connectivity index (χ2n) is 4.93. The highest BCUT2D eigenvalue weighted by Gasteiger charge is 2.65. The lowest BCUT2D eigenvalue weighted by Crippen LogP contribution is -2.30. The number of rotatable bonds is 3. The van der Waals surface area contributed by atoms with Crippen LogP contribution in [0.3, 0.4) is 0 Å². The van der Waals surface area contributed by atoms with E-state index in [1.165, 1.54) is 0 Å². The van der Waals surface area contributed by atoms with Crippen LogP contribution in [0.4, 0.5) is 23.7 Å². The van der Waals surface area contributed by atoms with Crippen LogP contribution in [0.2, 0.25) is 0 Å². The smallest absolute Gasteiger partial charge is 0.442 e. The molecule has 0 saturated carbocycles. The Hall–Kier alpha value is -3.10. The number of amides is 1. The fourth-order valence-corrected chi connectivity index (χ4v) is 2.03. The molecule has 124 valence electrons. The molecular formula is C15H10F3N3O3. The first-order valence-corrected chi connectivity index (χ1v) is 6.70. The number of hydrogen-bond donors (Lipinski definition) is 2. The third kappa shape index (κ3) is 2.87. The Morgan fingerprint density at radius 3 is 2.33 bits per heavy atom. The number of nitrogens with zero attached hydrogens (tertiary/aromatic N) is 2. The van der Waals surface area contributed by atoms with Gasteiger partial charge in [-0.25, -0.2) is 4.79 Å². The summed E-state index contributed by atoms with van der Waals surface area (Å²) in [6, 6.07) is 11.2. The molecular weight excluding hydrogens is 327 g/mol. The molecule has 0 aliphatic carbocycles. The Balaban J connectivity index is 1.73. The number of carbonyl (C=O) groups excluding carboxylic acids is 1. The molecule has 1 aliphatic heterocycles. The molecule has 1 amide bonds. The van der Waals surface area contributed by atoms with Crippen LogP contribution in [0.5, 0.6) is 11.5 Å². The lowest BCUT2D eigenvalue weighted by molar-refractivity contribution is -0.166. The van der Waals surface area contributed by atoms with Crippen molar-refractivity contribution >= 4 is 11.8 Å². The van der Waals surface area contributed by atoms with E-state index in [4.69, 9.17) is 4.74 Å². The van der Waals surface area contributed by atoms with E-state index in [1.54, 1.807) is 30.3 Å². The summed E-state index contributed by atoms with van der Waals surface area (Å²) in [6.07, 6.45) is -5.59. The van der Waals surface area contributed by atoms with Gasteiger partial charge in [-0.15, -0.1) is 10.2 Å². The molecule has 0 bridgehead atoms. The normalized spacial score (nSPS) is 15.0. The van der Waals surface area contributed by atoms with Gasteiger partial charge in [0.25, 0.3) is 0 Å². The number of alkyl halides is 3. The van der Waals surface area contributed by atoms with E-state index < -0.39 is 23.7 Å². The zero-order valence-corrected chi connectivity index (χ0v) is 11.9. The Bertz CT molecular complexity index is 801. The first kappa shape index (κ1) is 15.8. The monoisotopic (exact) mass is 337 g/mol. The van der Waals surface area contributed by atoms with Crippen LogP contribution in [0.1, 0.15) is 5.56 Å². The predicted octanol–water partition coefficient (Wildman–Crippen LogP) is 4.18. The average Bonchev–Trinajstić information content (AvgIpc) is 3.31. The van der Waals surface area contributed by atoms with E-state index in [-0.39, 0.29) is 17.0 Å². The van der Waals surface area contributed by atoms with Crippen LogP contribution < -0.4 is 10.1 Å². The van der Waals surface area contributed by atoms with Gasteiger partial charge in [0.1, 0.15) is 11.5 Å². The second kappa shape index (κ2) is 5.52. The Morgan fingerprint density at radius 2 is 1.79 bits per heavy atom. The molecule has 0 radical (unpaired) electrons. The van der Waals surface area contributed by atoms with Crippen molar-refractivity contribution in [1.29, 1.82) is 0 Å². The van der Waals surface area contributed by atoms with Crippen LogP contribution >= 0.6 is 0 Å². The number of anilines is 1. The number of phenolic OH excluding ortho intramolecular Hbond substituents is 1. The summed E-state index contributed by atoms with van der Waals surface area (Å²) in [5, 5.41) is 18.2. The van der Waals surface area contributed by atoms with Crippen molar-refractivity contribution < 1.29 is 27.8 Å². The van der Waals surface area contributed by atoms with Gasteiger partial charge in [-0.1, -0.05) is 24.3 Å². The largest absolute Gasteiger partial charge is 0.506 e. The van der Waals surface area contributed by atoms with Gasteiger partial charge < -0.3 is 9.84 Å². The van der Waals surface area contributed by atoms with Crippen LogP contribution in [0, 0.1) is 0 Å². The Labute approximate surface area is 133 Å². The highest BCUT2D eigenvalue weighted by molar-refractivity contribution is 5.88. The van der Waals surface area contributed by atoms with Gasteiger partial charge in [-0.2, -0.15) is 13.2 Å². The van der Waals surface area contributed by atoms with Crippen LogP contribution in [0.25, 0.3) is 0 Å². The number of ether oxygens (including phenoxy) is 1. The van der Waals surface area contributed by atoms with Crippen LogP contribution in [-0.4, -0.2) is 17.4 Å².